The zero-order valence-electron chi connectivity index (χ0n) is 18.7. The van der Waals surface area contributed by atoms with Gasteiger partial charge in [-0.1, -0.05) is 18.9 Å². The van der Waals surface area contributed by atoms with Gasteiger partial charge in [0.05, 0.1) is 15.4 Å². The summed E-state index contributed by atoms with van der Waals surface area (Å²) >= 11 is 0. The molecule has 1 saturated heterocycles. The lowest BCUT2D eigenvalue weighted by molar-refractivity contribution is -0.383. The van der Waals surface area contributed by atoms with Crippen LogP contribution in [0.5, 0.6) is 0 Å². The van der Waals surface area contributed by atoms with Crippen LogP contribution in [0, 0.1) is 17.0 Å². The smallest absolute Gasteiger partial charge is 0.338 e. The number of esters is 1. The van der Waals surface area contributed by atoms with E-state index in [0.717, 1.165) is 31.7 Å². The normalized spacial score (nSPS) is 14.7. The van der Waals surface area contributed by atoms with Crippen molar-refractivity contribution in [1.82, 2.24) is 4.31 Å². The number of aryl methyl sites for hydroxylation is 1. The molecule has 1 heterocycles. The molecule has 1 aliphatic rings. The first-order chi connectivity index (χ1) is 16.1. The van der Waals surface area contributed by atoms with Crippen LogP contribution in [0.25, 0.3) is 0 Å². The van der Waals surface area contributed by atoms with Crippen LogP contribution in [-0.4, -0.2) is 49.2 Å². The lowest BCUT2D eigenvalue weighted by Crippen LogP contribution is -2.32. The number of nitrogens with two attached hydrogens (primary N) is 1. The summed E-state index contributed by atoms with van der Waals surface area (Å²) in [6, 6.07) is 7.96. The first-order valence-electron chi connectivity index (χ1n) is 10.7. The van der Waals surface area contributed by atoms with E-state index < -0.39 is 39.1 Å². The Morgan fingerprint density at radius 1 is 1.12 bits per heavy atom. The molecule has 3 N–H and O–H groups in total. The molecule has 12 heteroatoms. The average Bonchev–Trinajstić information content (AvgIpc) is 3.09. The minimum Gasteiger partial charge on any atom is -0.452 e. The average molecular weight is 491 g/mol. The molecule has 0 spiro atoms. The fourth-order valence-corrected chi connectivity index (χ4v) is 5.39. The Kier molecular flexibility index (Phi) is 7.84. The molecule has 0 radical (unpaired) electrons. The molecule has 0 unspecified atom stereocenters. The second-order valence-electron chi connectivity index (χ2n) is 7.95. The van der Waals surface area contributed by atoms with Crippen LogP contribution in [0.1, 0.15) is 41.6 Å². The summed E-state index contributed by atoms with van der Waals surface area (Å²) in [6.07, 6.45) is 3.58. The molecular formula is C22H26N4O7S. The SMILES string of the molecule is Cc1ccc(NC(=O)COC(=O)c2ccc(N)c([N+](=O)[O-])c2)cc1S(=O)(=O)N1CCCCCC1. The van der Waals surface area contributed by atoms with Gasteiger partial charge in [-0.25, -0.2) is 13.2 Å². The van der Waals surface area contributed by atoms with Crippen molar-refractivity contribution < 1.29 is 27.7 Å². The van der Waals surface area contributed by atoms with Crippen LogP contribution in [0.15, 0.2) is 41.3 Å². The largest absolute Gasteiger partial charge is 0.452 e. The Morgan fingerprint density at radius 2 is 1.79 bits per heavy atom. The van der Waals surface area contributed by atoms with Gasteiger partial charge in [-0.2, -0.15) is 4.31 Å². The van der Waals surface area contributed by atoms with Crippen molar-refractivity contribution in [2.45, 2.75) is 37.5 Å². The van der Waals surface area contributed by atoms with E-state index in [9.17, 15) is 28.1 Å². The van der Waals surface area contributed by atoms with Crippen molar-refractivity contribution in [1.29, 1.82) is 0 Å². The van der Waals surface area contributed by atoms with Crippen LogP contribution < -0.4 is 11.1 Å². The highest BCUT2D eigenvalue weighted by Gasteiger charge is 2.27. The van der Waals surface area contributed by atoms with Crippen LogP contribution in [0.2, 0.25) is 0 Å². The maximum Gasteiger partial charge on any atom is 0.338 e. The fraction of sp³-hybridized carbons (Fsp3) is 0.364. The monoisotopic (exact) mass is 490 g/mol. The number of rotatable bonds is 7. The molecule has 0 atom stereocenters. The number of ether oxygens (including phenoxy) is 1. The summed E-state index contributed by atoms with van der Waals surface area (Å²) in [4.78, 5) is 34.8. The summed E-state index contributed by atoms with van der Waals surface area (Å²) in [6.45, 7) is 1.93. The number of hydrogen-bond acceptors (Lipinski definition) is 8. The number of carbonyl (C=O) groups excluding carboxylic acids is 2. The Labute approximate surface area is 197 Å². The van der Waals surface area contributed by atoms with Gasteiger partial charge in [0.25, 0.3) is 11.6 Å². The topological polar surface area (TPSA) is 162 Å². The van der Waals surface area contributed by atoms with E-state index in [0.29, 0.717) is 18.7 Å². The quantitative estimate of drug-likeness (QED) is 0.259. The van der Waals surface area contributed by atoms with E-state index in [4.69, 9.17) is 10.5 Å². The number of hydrogen-bond donors (Lipinski definition) is 2. The zero-order valence-corrected chi connectivity index (χ0v) is 19.5. The molecule has 0 aliphatic carbocycles. The number of amides is 1. The lowest BCUT2D eigenvalue weighted by atomic mass is 10.2. The van der Waals surface area contributed by atoms with E-state index in [2.05, 4.69) is 5.32 Å². The molecule has 2 aromatic rings. The van der Waals surface area contributed by atoms with Gasteiger partial charge in [0, 0.05) is 24.8 Å². The lowest BCUT2D eigenvalue weighted by Gasteiger charge is -2.21. The third kappa shape index (κ3) is 5.88. The fourth-order valence-electron chi connectivity index (χ4n) is 3.62. The predicted molar refractivity (Wildman–Crippen MR) is 125 cm³/mol. The number of nitro benzene ring substituents is 1. The van der Waals surface area contributed by atoms with Crippen LogP contribution >= 0.6 is 0 Å². The highest BCUT2D eigenvalue weighted by atomic mass is 32.2. The summed E-state index contributed by atoms with van der Waals surface area (Å²) in [5, 5.41) is 13.5. The number of nitro groups is 1. The van der Waals surface area contributed by atoms with Crippen molar-refractivity contribution in [3.05, 3.63) is 57.6 Å². The zero-order chi connectivity index (χ0) is 24.9. The van der Waals surface area contributed by atoms with Crippen molar-refractivity contribution in [2.75, 3.05) is 30.7 Å². The summed E-state index contributed by atoms with van der Waals surface area (Å²) in [7, 11) is -3.72. The first kappa shape index (κ1) is 25.1. The maximum absolute atomic E-state index is 13.2. The van der Waals surface area contributed by atoms with Crippen molar-refractivity contribution in [3.63, 3.8) is 0 Å². The third-order valence-electron chi connectivity index (χ3n) is 5.45. The van der Waals surface area contributed by atoms with Gasteiger partial charge >= 0.3 is 5.97 Å². The second-order valence-corrected chi connectivity index (χ2v) is 9.86. The van der Waals surface area contributed by atoms with E-state index in [1.807, 2.05) is 0 Å². The molecule has 0 bridgehead atoms. The third-order valence-corrected chi connectivity index (χ3v) is 7.49. The Balaban J connectivity index is 1.67. The van der Waals surface area contributed by atoms with E-state index in [-0.39, 0.29) is 21.8 Å². The molecule has 0 saturated carbocycles. The van der Waals surface area contributed by atoms with Crippen LogP contribution in [0.3, 0.4) is 0 Å². The molecule has 1 aliphatic heterocycles. The van der Waals surface area contributed by atoms with Gasteiger partial charge in [-0.15, -0.1) is 0 Å². The molecule has 0 aromatic heterocycles. The Hall–Kier alpha value is -3.51. The maximum atomic E-state index is 13.2. The summed E-state index contributed by atoms with van der Waals surface area (Å²) in [5.41, 5.74) is 5.61. The minimum absolute atomic E-state index is 0.107. The highest BCUT2D eigenvalue weighted by Crippen LogP contribution is 2.26. The number of benzene rings is 2. The molecule has 182 valence electrons. The standard InChI is InChI=1S/C22H26N4O7S/c1-15-6-8-17(13-20(15)34(31,32)25-10-4-2-3-5-11-25)24-21(27)14-33-22(28)16-7-9-18(23)19(12-16)26(29)30/h6-9,12-13H,2-5,10-11,14,23H2,1H3,(H,24,27). The van der Waals surface area contributed by atoms with Gasteiger partial charge < -0.3 is 15.8 Å². The number of sulfonamides is 1. The molecule has 11 nitrogen and oxygen atoms in total. The molecule has 34 heavy (non-hydrogen) atoms. The number of anilines is 2. The van der Waals surface area contributed by atoms with Gasteiger partial charge in [0.15, 0.2) is 6.61 Å². The number of nitrogens with zero attached hydrogens (tertiary/aromatic N) is 2. The van der Waals surface area contributed by atoms with Crippen LogP contribution in [-0.2, 0) is 19.6 Å². The highest BCUT2D eigenvalue weighted by molar-refractivity contribution is 7.89. The van der Waals surface area contributed by atoms with Gasteiger partial charge in [0.1, 0.15) is 5.69 Å². The van der Waals surface area contributed by atoms with Gasteiger partial charge in [-0.05, 0) is 49.6 Å². The van der Waals surface area contributed by atoms with Crippen molar-refractivity contribution in [3.8, 4) is 0 Å². The molecule has 2 aromatic carbocycles. The van der Waals surface area contributed by atoms with Crippen LogP contribution in [0.4, 0.5) is 17.1 Å². The van der Waals surface area contributed by atoms with E-state index in [1.165, 1.54) is 22.5 Å². The summed E-state index contributed by atoms with van der Waals surface area (Å²) < 4.78 is 32.7. The number of nitrogens with one attached hydrogen (secondary N) is 1. The van der Waals surface area contributed by atoms with Gasteiger partial charge in [-0.3, -0.25) is 14.9 Å². The first-order valence-corrected chi connectivity index (χ1v) is 12.2. The number of carbonyl (C=O) groups is 2. The Morgan fingerprint density at radius 3 is 2.44 bits per heavy atom. The second kappa shape index (κ2) is 10.6. The minimum atomic E-state index is -3.72. The van der Waals surface area contributed by atoms with Crippen molar-refractivity contribution in [2.24, 2.45) is 0 Å². The molecule has 1 amide bonds. The number of nitrogen functional groups attached to an aromatic ring is 1. The van der Waals surface area contributed by atoms with E-state index >= 15 is 0 Å². The molecule has 1 fully saturated rings. The predicted octanol–water partition coefficient (Wildman–Crippen LogP) is 2.85. The Bertz CT molecular complexity index is 1210. The van der Waals surface area contributed by atoms with E-state index in [1.54, 1.807) is 19.1 Å². The molecule has 3 rings (SSSR count). The van der Waals surface area contributed by atoms with Crippen molar-refractivity contribution >= 4 is 39.0 Å². The molecular weight excluding hydrogens is 464 g/mol. The van der Waals surface area contributed by atoms with Gasteiger partial charge in [0.2, 0.25) is 10.0 Å². The summed E-state index contributed by atoms with van der Waals surface area (Å²) in [5.74, 6) is -1.63.